The minimum absolute atomic E-state index is 0.100. The molecule has 4 N–H and O–H groups in total. The number of nitrogens with zero attached hydrogens (tertiary/aromatic N) is 4. The van der Waals surface area contributed by atoms with Crippen molar-refractivity contribution in [2.24, 2.45) is 0 Å². The lowest BCUT2D eigenvalue weighted by Crippen LogP contribution is -2.29. The Balaban J connectivity index is 1.28. The molecule has 0 radical (unpaired) electrons. The van der Waals surface area contributed by atoms with Gasteiger partial charge in [0, 0.05) is 0 Å². The molecule has 0 spiro atoms. The lowest BCUT2D eigenvalue weighted by Gasteiger charge is -2.15. The molecule has 12 nitrogen and oxygen atoms in total. The summed E-state index contributed by atoms with van der Waals surface area (Å²) in [5.41, 5.74) is 6.35. The summed E-state index contributed by atoms with van der Waals surface area (Å²) in [6.45, 7) is 0.186. The van der Waals surface area contributed by atoms with Gasteiger partial charge in [-0.3, -0.25) is 10.3 Å². The molecule has 4 rings (SSSR count). The van der Waals surface area contributed by atoms with Gasteiger partial charge in [0.1, 0.15) is 12.4 Å². The smallest absolute Gasteiger partial charge is 0.414 e. The Bertz CT molecular complexity index is 1070. The summed E-state index contributed by atoms with van der Waals surface area (Å²) in [4.78, 5) is 25.5. The van der Waals surface area contributed by atoms with Crippen molar-refractivity contribution in [1.29, 1.82) is 0 Å². The number of carbonyl (C=O) groups excluding carboxylic acids is 2. The number of amides is 1. The second kappa shape index (κ2) is 9.70. The number of aromatic nitrogens is 4. The molecule has 1 aliphatic heterocycles. The number of H-pyrrole nitrogens is 1. The van der Waals surface area contributed by atoms with Crippen molar-refractivity contribution in [2.75, 3.05) is 35.5 Å². The first kappa shape index (κ1) is 21.0. The van der Waals surface area contributed by atoms with Crippen LogP contribution in [0, 0.1) is 5.82 Å². The predicted molar refractivity (Wildman–Crippen MR) is 110 cm³/mol. The Labute approximate surface area is 181 Å². The third-order valence-corrected chi connectivity index (χ3v) is 4.46. The first-order valence-electron chi connectivity index (χ1n) is 9.56. The molecule has 2 heterocycles. The molecule has 1 atom stereocenters. The minimum Gasteiger partial charge on any atom is -0.458 e. The molecule has 13 heteroatoms. The van der Waals surface area contributed by atoms with Gasteiger partial charge in [0.2, 0.25) is 0 Å². The molecule has 1 fully saturated rings. The summed E-state index contributed by atoms with van der Waals surface area (Å²) in [5.74, 6) is -0.834. The SMILES string of the molecule is O=C(OC[C@H]1CN(c2ccc(NCNNc3nn[nH]n3)c(F)c2)C(=O)O1)c1ccccc1. The fourth-order valence-electron chi connectivity index (χ4n) is 2.94. The highest BCUT2D eigenvalue weighted by atomic mass is 19.1. The van der Waals surface area contributed by atoms with Crippen LogP contribution in [0.2, 0.25) is 0 Å². The Hall–Kier alpha value is -4.26. The lowest BCUT2D eigenvalue weighted by molar-refractivity contribution is 0.0300. The highest BCUT2D eigenvalue weighted by Crippen LogP contribution is 2.26. The maximum Gasteiger partial charge on any atom is 0.414 e. The van der Waals surface area contributed by atoms with Crippen LogP contribution in [0.5, 0.6) is 0 Å². The van der Waals surface area contributed by atoms with Crippen LogP contribution >= 0.6 is 0 Å². The van der Waals surface area contributed by atoms with Crippen molar-refractivity contribution in [2.45, 2.75) is 6.10 Å². The van der Waals surface area contributed by atoms with E-state index >= 15 is 0 Å². The van der Waals surface area contributed by atoms with E-state index < -0.39 is 24.0 Å². The van der Waals surface area contributed by atoms with Crippen LogP contribution in [0.25, 0.3) is 0 Å². The molecule has 1 saturated heterocycles. The summed E-state index contributed by atoms with van der Waals surface area (Å²) < 4.78 is 24.9. The molecule has 3 aromatic rings. The summed E-state index contributed by atoms with van der Waals surface area (Å²) in [6.07, 6.45) is -1.30. The molecule has 0 unspecified atom stereocenters. The van der Waals surface area contributed by atoms with Crippen molar-refractivity contribution < 1.29 is 23.5 Å². The van der Waals surface area contributed by atoms with Gasteiger partial charge in [-0.2, -0.15) is 5.21 Å². The predicted octanol–water partition coefficient (Wildman–Crippen LogP) is 1.51. The van der Waals surface area contributed by atoms with Gasteiger partial charge in [-0.15, -0.1) is 5.10 Å². The molecule has 166 valence electrons. The molecule has 0 saturated carbocycles. The number of esters is 1. The van der Waals surface area contributed by atoms with E-state index in [9.17, 15) is 14.0 Å². The number of halogens is 1. The number of carbonyl (C=O) groups is 2. The molecule has 0 bridgehead atoms. The zero-order valence-corrected chi connectivity index (χ0v) is 16.6. The highest BCUT2D eigenvalue weighted by molar-refractivity contribution is 5.91. The van der Waals surface area contributed by atoms with Crippen LogP contribution in [0.3, 0.4) is 0 Å². The highest BCUT2D eigenvalue weighted by Gasteiger charge is 2.33. The summed E-state index contributed by atoms with van der Waals surface area (Å²) >= 11 is 0. The topological polar surface area (TPSA) is 146 Å². The molecule has 1 aliphatic rings. The Morgan fingerprint density at radius 3 is 2.88 bits per heavy atom. The van der Waals surface area contributed by atoms with Gasteiger partial charge in [0.05, 0.1) is 30.2 Å². The first-order valence-corrected chi connectivity index (χ1v) is 9.56. The van der Waals surface area contributed by atoms with Gasteiger partial charge >= 0.3 is 12.1 Å². The average molecular weight is 442 g/mol. The first-order chi connectivity index (χ1) is 15.6. The zero-order valence-electron chi connectivity index (χ0n) is 16.6. The molecule has 32 heavy (non-hydrogen) atoms. The van der Waals surface area contributed by atoms with Crippen LogP contribution in [-0.4, -0.2) is 58.6 Å². The Morgan fingerprint density at radius 2 is 2.12 bits per heavy atom. The quantitative estimate of drug-likeness (QED) is 0.166. The van der Waals surface area contributed by atoms with Crippen molar-refractivity contribution >= 4 is 29.4 Å². The minimum atomic E-state index is -0.656. The number of nitrogens with one attached hydrogen (secondary N) is 4. The number of cyclic esters (lactones) is 1. The molecule has 1 aromatic heterocycles. The van der Waals surface area contributed by atoms with E-state index in [0.717, 1.165) is 0 Å². The van der Waals surface area contributed by atoms with Crippen molar-refractivity contribution in [3.63, 3.8) is 0 Å². The van der Waals surface area contributed by atoms with Crippen LogP contribution in [0.4, 0.5) is 26.5 Å². The van der Waals surface area contributed by atoms with Crippen molar-refractivity contribution in [3.05, 3.63) is 59.9 Å². The fourth-order valence-corrected chi connectivity index (χ4v) is 2.94. The zero-order chi connectivity index (χ0) is 22.3. The van der Waals surface area contributed by atoms with Crippen LogP contribution < -0.4 is 21.1 Å². The summed E-state index contributed by atoms with van der Waals surface area (Å²) in [6, 6.07) is 12.8. The number of aromatic amines is 1. The van der Waals surface area contributed by atoms with E-state index in [1.54, 1.807) is 36.4 Å². The maximum atomic E-state index is 14.5. The van der Waals surface area contributed by atoms with E-state index in [1.807, 2.05) is 0 Å². The molecule has 0 aliphatic carbocycles. The van der Waals surface area contributed by atoms with Gasteiger partial charge in [0.15, 0.2) is 6.10 Å². The largest absolute Gasteiger partial charge is 0.458 e. The Kier molecular flexibility index (Phi) is 6.36. The average Bonchev–Trinajstić information content (AvgIpc) is 3.46. The number of anilines is 3. The van der Waals surface area contributed by atoms with Gasteiger partial charge in [0.25, 0.3) is 5.95 Å². The number of hydrogen-bond acceptors (Lipinski definition) is 10. The van der Waals surface area contributed by atoms with Crippen LogP contribution in [-0.2, 0) is 9.47 Å². The van der Waals surface area contributed by atoms with E-state index in [0.29, 0.717) is 11.3 Å². The van der Waals surface area contributed by atoms with E-state index in [4.69, 9.17) is 9.47 Å². The molecular formula is C19H19FN8O4. The van der Waals surface area contributed by atoms with Crippen molar-refractivity contribution in [1.82, 2.24) is 26.0 Å². The molecular weight excluding hydrogens is 423 g/mol. The van der Waals surface area contributed by atoms with Gasteiger partial charge in [-0.25, -0.2) is 19.4 Å². The summed E-state index contributed by atoms with van der Waals surface area (Å²) in [7, 11) is 0. The van der Waals surface area contributed by atoms with E-state index in [-0.39, 0.29) is 31.5 Å². The number of benzene rings is 2. The Morgan fingerprint density at radius 1 is 1.28 bits per heavy atom. The monoisotopic (exact) mass is 442 g/mol. The third-order valence-electron chi connectivity index (χ3n) is 4.46. The standard InChI is InChI=1S/C19H19FN8O4/c20-15-8-13(6-7-16(15)21-11-22-23-18-24-26-27-25-18)28-9-14(32-19(28)30)10-31-17(29)12-4-2-1-3-5-12/h1-8,14,21-22H,9-11H2,(H2,23,24,25,26,27)/t14-/m1/s1. The molecule has 1 amide bonds. The van der Waals surface area contributed by atoms with Gasteiger partial charge in [-0.1, -0.05) is 23.3 Å². The number of hydrazine groups is 1. The normalized spacial score (nSPS) is 15.3. The number of hydrogen-bond donors (Lipinski definition) is 4. The van der Waals surface area contributed by atoms with Gasteiger partial charge in [-0.05, 0) is 35.5 Å². The second-order valence-electron chi connectivity index (χ2n) is 6.64. The number of rotatable bonds is 9. The second-order valence-corrected chi connectivity index (χ2v) is 6.64. The number of tetrazole rings is 1. The van der Waals surface area contributed by atoms with E-state index in [1.165, 1.54) is 17.0 Å². The van der Waals surface area contributed by atoms with Crippen LogP contribution in [0.1, 0.15) is 10.4 Å². The molecule has 2 aromatic carbocycles. The van der Waals surface area contributed by atoms with Crippen LogP contribution in [0.15, 0.2) is 48.5 Å². The maximum absolute atomic E-state index is 14.5. The van der Waals surface area contributed by atoms with Gasteiger partial charge < -0.3 is 14.8 Å². The number of ether oxygens (including phenoxy) is 2. The summed E-state index contributed by atoms with van der Waals surface area (Å²) in [5, 5.41) is 15.9. The fraction of sp³-hybridized carbons (Fsp3) is 0.211. The van der Waals surface area contributed by atoms with E-state index in [2.05, 4.69) is 36.8 Å². The lowest BCUT2D eigenvalue weighted by atomic mass is 10.2. The third kappa shape index (κ3) is 5.07. The van der Waals surface area contributed by atoms with Crippen molar-refractivity contribution in [3.8, 4) is 0 Å².